The SMILES string of the molecule is CNC(=O)C1=Nc2cc(C)c(C)cc2N(C[C@H](OC(C)=O)[C@H](OC(C)=O)[C@@H](COC(C)=O)OC(C)=O)C1O. The Balaban J connectivity index is 2.63. The molecular formula is C25H33N3O10. The number of ether oxygens (including phenoxy) is 4. The Bertz CT molecular complexity index is 1130. The first-order valence-electron chi connectivity index (χ1n) is 11.8. The van der Waals surface area contributed by atoms with Gasteiger partial charge in [-0.2, -0.15) is 0 Å². The highest BCUT2D eigenvalue weighted by molar-refractivity contribution is 6.42. The molecule has 13 heteroatoms. The maximum Gasteiger partial charge on any atom is 0.303 e. The van der Waals surface area contributed by atoms with E-state index in [1.807, 2.05) is 13.8 Å². The first-order valence-corrected chi connectivity index (χ1v) is 11.8. The largest absolute Gasteiger partial charge is 0.462 e. The molecule has 0 aliphatic carbocycles. The lowest BCUT2D eigenvalue weighted by atomic mass is 10.0. The van der Waals surface area contributed by atoms with Gasteiger partial charge in [0.25, 0.3) is 5.91 Å². The van der Waals surface area contributed by atoms with E-state index >= 15 is 0 Å². The quantitative estimate of drug-likeness (QED) is 0.318. The maximum absolute atomic E-state index is 12.5. The molecule has 1 aromatic carbocycles. The lowest BCUT2D eigenvalue weighted by Gasteiger charge is -2.39. The number of hydrogen-bond acceptors (Lipinski definition) is 12. The molecular weight excluding hydrogens is 502 g/mol. The number of fused-ring (bicyclic) bond motifs is 1. The number of nitrogens with zero attached hydrogens (tertiary/aromatic N) is 2. The van der Waals surface area contributed by atoms with Crippen molar-refractivity contribution in [1.29, 1.82) is 0 Å². The minimum absolute atomic E-state index is 0.217. The molecule has 0 bridgehead atoms. The Labute approximate surface area is 220 Å². The first-order chi connectivity index (χ1) is 17.7. The number of carbonyl (C=O) groups is 5. The normalized spacial score (nSPS) is 16.7. The van der Waals surface area contributed by atoms with Gasteiger partial charge in [-0.15, -0.1) is 0 Å². The summed E-state index contributed by atoms with van der Waals surface area (Å²) in [5.41, 5.74) is 2.30. The molecule has 1 unspecified atom stereocenters. The Kier molecular flexibility index (Phi) is 10.3. The molecule has 208 valence electrons. The minimum Gasteiger partial charge on any atom is -0.462 e. The van der Waals surface area contributed by atoms with E-state index in [9.17, 15) is 29.1 Å². The maximum atomic E-state index is 12.5. The summed E-state index contributed by atoms with van der Waals surface area (Å²) in [6.07, 6.45) is -5.76. The number of anilines is 1. The fourth-order valence-electron chi connectivity index (χ4n) is 3.87. The van der Waals surface area contributed by atoms with Gasteiger partial charge < -0.3 is 34.3 Å². The molecule has 2 N–H and O–H groups in total. The Morgan fingerprint density at radius 3 is 2.00 bits per heavy atom. The van der Waals surface area contributed by atoms with Gasteiger partial charge in [0.15, 0.2) is 30.3 Å². The van der Waals surface area contributed by atoms with Crippen LogP contribution in [0.4, 0.5) is 11.4 Å². The number of aliphatic hydroxyl groups is 1. The number of rotatable bonds is 10. The van der Waals surface area contributed by atoms with Crippen molar-refractivity contribution in [2.75, 3.05) is 25.1 Å². The van der Waals surface area contributed by atoms with Crippen LogP contribution in [0, 0.1) is 13.8 Å². The molecule has 13 nitrogen and oxygen atoms in total. The summed E-state index contributed by atoms with van der Waals surface area (Å²) in [5, 5.41) is 13.6. The lowest BCUT2D eigenvalue weighted by Crippen LogP contribution is -2.56. The van der Waals surface area contributed by atoms with Crippen LogP contribution >= 0.6 is 0 Å². The summed E-state index contributed by atoms with van der Waals surface area (Å²) >= 11 is 0. The molecule has 4 atom stereocenters. The summed E-state index contributed by atoms with van der Waals surface area (Å²) in [6.45, 7) is 7.33. The smallest absolute Gasteiger partial charge is 0.303 e. The second-order valence-electron chi connectivity index (χ2n) is 8.70. The van der Waals surface area contributed by atoms with E-state index < -0.39 is 60.9 Å². The molecule has 1 aliphatic rings. The van der Waals surface area contributed by atoms with Crippen LogP contribution in [0.5, 0.6) is 0 Å². The van der Waals surface area contributed by atoms with Crippen LogP contribution in [0.1, 0.15) is 38.8 Å². The number of aliphatic imine (C=N–C) groups is 1. The molecule has 0 fully saturated rings. The molecule has 1 aromatic rings. The molecule has 0 spiro atoms. The van der Waals surface area contributed by atoms with Gasteiger partial charge in [-0.3, -0.25) is 24.0 Å². The van der Waals surface area contributed by atoms with Gasteiger partial charge in [0.2, 0.25) is 0 Å². The third-order valence-corrected chi connectivity index (χ3v) is 5.64. The number of nitrogens with one attached hydrogen (secondary N) is 1. The minimum atomic E-state index is -1.58. The molecule has 0 aromatic heterocycles. The predicted molar refractivity (Wildman–Crippen MR) is 134 cm³/mol. The molecule has 0 saturated heterocycles. The Morgan fingerprint density at radius 2 is 1.47 bits per heavy atom. The van der Waals surface area contributed by atoms with Crippen LogP contribution in [0.3, 0.4) is 0 Å². The van der Waals surface area contributed by atoms with Gasteiger partial charge in [-0.25, -0.2) is 4.99 Å². The lowest BCUT2D eigenvalue weighted by molar-refractivity contribution is -0.188. The second-order valence-corrected chi connectivity index (χ2v) is 8.70. The summed E-state index contributed by atoms with van der Waals surface area (Å²) in [6, 6.07) is 3.48. The van der Waals surface area contributed by atoms with E-state index in [0.29, 0.717) is 11.4 Å². The first kappa shape index (κ1) is 30.2. The monoisotopic (exact) mass is 535 g/mol. The molecule has 1 aliphatic heterocycles. The zero-order valence-electron chi connectivity index (χ0n) is 22.4. The number of aryl methyl sites for hydroxylation is 2. The number of benzene rings is 1. The highest BCUT2D eigenvalue weighted by Crippen LogP contribution is 2.37. The van der Waals surface area contributed by atoms with Gasteiger partial charge >= 0.3 is 23.9 Å². The van der Waals surface area contributed by atoms with Crippen LogP contribution in [0.2, 0.25) is 0 Å². The van der Waals surface area contributed by atoms with Crippen molar-refractivity contribution in [1.82, 2.24) is 5.32 Å². The van der Waals surface area contributed by atoms with Crippen molar-refractivity contribution >= 4 is 46.9 Å². The zero-order valence-corrected chi connectivity index (χ0v) is 22.4. The number of esters is 4. The summed E-state index contributed by atoms with van der Waals surface area (Å²) in [5.74, 6) is -3.67. The van der Waals surface area contributed by atoms with E-state index in [1.54, 1.807) is 12.1 Å². The Morgan fingerprint density at radius 1 is 0.921 bits per heavy atom. The molecule has 38 heavy (non-hydrogen) atoms. The van der Waals surface area contributed by atoms with Crippen LogP contribution in [-0.4, -0.2) is 85.3 Å². The van der Waals surface area contributed by atoms with Crippen molar-refractivity contribution in [3.8, 4) is 0 Å². The highest BCUT2D eigenvalue weighted by atomic mass is 16.6. The summed E-state index contributed by atoms with van der Waals surface area (Å²) in [7, 11) is 1.38. The Hall–Kier alpha value is -4.00. The van der Waals surface area contributed by atoms with Crippen LogP contribution in [0.25, 0.3) is 0 Å². The van der Waals surface area contributed by atoms with E-state index in [-0.39, 0.29) is 12.3 Å². The van der Waals surface area contributed by atoms with Gasteiger partial charge in [0, 0.05) is 34.7 Å². The van der Waals surface area contributed by atoms with Gasteiger partial charge in [-0.05, 0) is 37.1 Å². The van der Waals surface area contributed by atoms with Gasteiger partial charge in [0.05, 0.1) is 17.9 Å². The average Bonchev–Trinajstić information content (AvgIpc) is 2.81. The van der Waals surface area contributed by atoms with Crippen molar-refractivity contribution < 1.29 is 48.0 Å². The molecule has 1 heterocycles. The highest BCUT2D eigenvalue weighted by Gasteiger charge is 2.42. The average molecular weight is 536 g/mol. The topological polar surface area (TPSA) is 170 Å². The molecule has 1 amide bonds. The van der Waals surface area contributed by atoms with Crippen LogP contribution < -0.4 is 10.2 Å². The third kappa shape index (κ3) is 7.75. The molecule has 2 rings (SSSR count). The predicted octanol–water partition coefficient (Wildman–Crippen LogP) is 0.619. The summed E-state index contributed by atoms with van der Waals surface area (Å²) in [4.78, 5) is 65.7. The second kappa shape index (κ2) is 13.0. The molecule has 0 radical (unpaired) electrons. The number of hydrogen-bond donors (Lipinski definition) is 2. The number of carbonyl (C=O) groups excluding carboxylic acids is 5. The van der Waals surface area contributed by atoms with E-state index in [0.717, 1.165) is 38.8 Å². The van der Waals surface area contributed by atoms with Crippen molar-refractivity contribution in [2.24, 2.45) is 4.99 Å². The van der Waals surface area contributed by atoms with Crippen LogP contribution in [-0.2, 0) is 42.9 Å². The van der Waals surface area contributed by atoms with Crippen molar-refractivity contribution in [3.05, 3.63) is 23.3 Å². The van der Waals surface area contributed by atoms with Crippen LogP contribution in [0.15, 0.2) is 17.1 Å². The fraction of sp³-hybridized carbons (Fsp3) is 0.520. The van der Waals surface area contributed by atoms with E-state index in [4.69, 9.17) is 18.9 Å². The fourth-order valence-corrected chi connectivity index (χ4v) is 3.87. The number of amides is 1. The van der Waals surface area contributed by atoms with Crippen molar-refractivity contribution in [2.45, 2.75) is 66.1 Å². The summed E-state index contributed by atoms with van der Waals surface area (Å²) < 4.78 is 21.2. The molecule has 0 saturated carbocycles. The van der Waals surface area contributed by atoms with Gasteiger partial charge in [0.1, 0.15) is 6.61 Å². The zero-order chi connectivity index (χ0) is 28.7. The van der Waals surface area contributed by atoms with E-state index in [1.165, 1.54) is 11.9 Å². The van der Waals surface area contributed by atoms with Gasteiger partial charge in [-0.1, -0.05) is 0 Å². The van der Waals surface area contributed by atoms with Crippen molar-refractivity contribution in [3.63, 3.8) is 0 Å². The third-order valence-electron chi connectivity index (χ3n) is 5.64. The number of aliphatic hydroxyl groups excluding tert-OH is 1. The standard InChI is InChI=1S/C25H33N3O10/c1-12-8-18-19(9-13(12)2)28(25(34)22(27-18)24(33)26-7)10-20(36-15(4)30)23(38-17(6)32)21(37-16(5)31)11-35-14(3)29/h8-9,20-21,23,25,34H,10-11H2,1-7H3,(H,26,33)/t20-,21+,23-,25?/m0/s1. The van der Waals surface area contributed by atoms with E-state index in [2.05, 4.69) is 10.3 Å².